The van der Waals surface area contributed by atoms with E-state index in [1.165, 1.54) is 0 Å². The Morgan fingerprint density at radius 2 is 2.29 bits per heavy atom. The molecule has 78 valence electrons. The van der Waals surface area contributed by atoms with Gasteiger partial charge in [-0.15, -0.1) is 0 Å². The van der Waals surface area contributed by atoms with Crippen molar-refractivity contribution in [3.8, 4) is 0 Å². The highest BCUT2D eigenvalue weighted by Crippen LogP contribution is 2.29. The van der Waals surface area contributed by atoms with Crippen LogP contribution in [0.5, 0.6) is 0 Å². The van der Waals surface area contributed by atoms with Gasteiger partial charge in [-0.2, -0.15) is 5.10 Å². The Morgan fingerprint density at radius 3 is 2.71 bits per heavy atom. The van der Waals surface area contributed by atoms with E-state index in [1.54, 1.807) is 0 Å². The lowest BCUT2D eigenvalue weighted by Gasteiger charge is -2.12. The van der Waals surface area contributed by atoms with Crippen molar-refractivity contribution in [2.75, 3.05) is 25.9 Å². The molecule has 1 aliphatic heterocycles. The van der Waals surface area contributed by atoms with Crippen molar-refractivity contribution in [1.29, 1.82) is 0 Å². The predicted octanol–water partition coefficient (Wildman–Crippen LogP) is 1.41. The quantitative estimate of drug-likeness (QED) is 0.829. The van der Waals surface area contributed by atoms with Gasteiger partial charge in [0.05, 0.1) is 16.2 Å². The summed E-state index contributed by atoms with van der Waals surface area (Å²) in [5, 5.41) is 4.44. The molecule has 1 fully saturated rings. The van der Waals surface area contributed by atoms with Crippen molar-refractivity contribution < 1.29 is 0 Å². The van der Waals surface area contributed by atoms with Crippen molar-refractivity contribution in [3.63, 3.8) is 0 Å². The van der Waals surface area contributed by atoms with E-state index in [1.807, 2.05) is 11.6 Å². The van der Waals surface area contributed by atoms with Gasteiger partial charge in [0.15, 0.2) is 0 Å². The maximum absolute atomic E-state index is 5.96. The van der Waals surface area contributed by atoms with Crippen LogP contribution in [0, 0.1) is 6.92 Å². The molecular formula is C9H15BrN4. The minimum Gasteiger partial charge on any atom is -0.383 e. The minimum absolute atomic E-state index is 0.435. The summed E-state index contributed by atoms with van der Waals surface area (Å²) < 4.78 is 2.88. The molecule has 1 unspecified atom stereocenters. The average molecular weight is 259 g/mol. The number of anilines is 1. The van der Waals surface area contributed by atoms with Crippen molar-refractivity contribution in [1.82, 2.24) is 14.7 Å². The molecule has 5 heteroatoms. The molecule has 0 amide bonds. The largest absolute Gasteiger partial charge is 0.383 e. The molecule has 1 atom stereocenters. The van der Waals surface area contributed by atoms with Crippen LogP contribution in [-0.4, -0.2) is 34.8 Å². The molecular weight excluding hydrogens is 244 g/mol. The van der Waals surface area contributed by atoms with E-state index in [0.717, 1.165) is 35.5 Å². The van der Waals surface area contributed by atoms with E-state index in [4.69, 9.17) is 5.73 Å². The topological polar surface area (TPSA) is 47.1 Å². The third-order valence-corrected chi connectivity index (χ3v) is 3.74. The molecule has 1 saturated heterocycles. The Morgan fingerprint density at radius 1 is 1.57 bits per heavy atom. The van der Waals surface area contributed by atoms with Crippen molar-refractivity contribution in [2.45, 2.75) is 19.4 Å². The standard InChI is InChI=1S/C9H15BrN4/c1-6-8(10)9(11)14(12-6)7-3-4-13(2)5-7/h7H,3-5,11H2,1-2H3. The highest BCUT2D eigenvalue weighted by Gasteiger charge is 2.24. The van der Waals surface area contributed by atoms with Crippen molar-refractivity contribution >= 4 is 21.7 Å². The van der Waals surface area contributed by atoms with Crippen LogP contribution in [0.2, 0.25) is 0 Å². The van der Waals surface area contributed by atoms with Crippen LogP contribution in [-0.2, 0) is 0 Å². The lowest BCUT2D eigenvalue weighted by Crippen LogP contribution is -2.18. The molecule has 0 radical (unpaired) electrons. The van der Waals surface area contributed by atoms with Gasteiger partial charge in [0, 0.05) is 13.1 Å². The maximum atomic E-state index is 5.96. The molecule has 0 aromatic carbocycles. The zero-order valence-electron chi connectivity index (χ0n) is 8.50. The van der Waals surface area contributed by atoms with E-state index < -0.39 is 0 Å². The average Bonchev–Trinajstić information content (AvgIpc) is 2.66. The van der Waals surface area contributed by atoms with Crippen LogP contribution in [0.1, 0.15) is 18.2 Å². The number of rotatable bonds is 1. The molecule has 1 aliphatic rings. The van der Waals surface area contributed by atoms with E-state index in [0.29, 0.717) is 6.04 Å². The number of aromatic nitrogens is 2. The van der Waals surface area contributed by atoms with Crippen LogP contribution >= 0.6 is 15.9 Å². The van der Waals surface area contributed by atoms with E-state index >= 15 is 0 Å². The number of likely N-dealkylation sites (tertiary alicyclic amines) is 1. The molecule has 2 heterocycles. The zero-order chi connectivity index (χ0) is 10.3. The number of halogens is 1. The number of nitrogens with zero attached hydrogens (tertiary/aromatic N) is 3. The van der Waals surface area contributed by atoms with Crippen LogP contribution in [0.4, 0.5) is 5.82 Å². The fourth-order valence-electron chi connectivity index (χ4n) is 1.94. The first kappa shape index (κ1) is 9.98. The van der Waals surface area contributed by atoms with Gasteiger partial charge < -0.3 is 10.6 Å². The molecule has 0 saturated carbocycles. The molecule has 1 aromatic rings. The highest BCUT2D eigenvalue weighted by molar-refractivity contribution is 9.10. The highest BCUT2D eigenvalue weighted by atomic mass is 79.9. The first-order chi connectivity index (χ1) is 6.59. The number of hydrogen-bond acceptors (Lipinski definition) is 3. The van der Waals surface area contributed by atoms with E-state index in [9.17, 15) is 0 Å². The summed E-state index contributed by atoms with van der Waals surface area (Å²) in [5.41, 5.74) is 6.93. The van der Waals surface area contributed by atoms with Crippen LogP contribution < -0.4 is 5.73 Å². The van der Waals surface area contributed by atoms with Gasteiger partial charge >= 0.3 is 0 Å². The lowest BCUT2D eigenvalue weighted by molar-refractivity contribution is 0.383. The molecule has 14 heavy (non-hydrogen) atoms. The van der Waals surface area contributed by atoms with E-state index in [2.05, 4.69) is 33.0 Å². The zero-order valence-corrected chi connectivity index (χ0v) is 10.1. The molecule has 0 bridgehead atoms. The van der Waals surface area contributed by atoms with Gasteiger partial charge in [-0.25, -0.2) is 4.68 Å². The summed E-state index contributed by atoms with van der Waals surface area (Å²) in [6, 6.07) is 0.435. The van der Waals surface area contributed by atoms with Crippen molar-refractivity contribution in [2.24, 2.45) is 0 Å². The van der Waals surface area contributed by atoms with Crippen LogP contribution in [0.25, 0.3) is 0 Å². The molecule has 4 nitrogen and oxygen atoms in total. The number of nitrogens with two attached hydrogens (primary N) is 1. The summed E-state index contributed by atoms with van der Waals surface area (Å²) in [7, 11) is 2.13. The van der Waals surface area contributed by atoms with E-state index in [-0.39, 0.29) is 0 Å². The summed E-state index contributed by atoms with van der Waals surface area (Å²) in [5.74, 6) is 0.753. The third kappa shape index (κ3) is 1.54. The SMILES string of the molecule is Cc1nn(C2CCN(C)C2)c(N)c1Br. The van der Waals surface area contributed by atoms with Gasteiger partial charge in [0.1, 0.15) is 5.82 Å². The smallest absolute Gasteiger partial charge is 0.136 e. The molecule has 0 spiro atoms. The molecule has 2 rings (SSSR count). The summed E-state index contributed by atoms with van der Waals surface area (Å²) in [6.07, 6.45) is 1.13. The monoisotopic (exact) mass is 258 g/mol. The Hall–Kier alpha value is -0.550. The fourth-order valence-corrected chi connectivity index (χ4v) is 2.20. The third-order valence-electron chi connectivity index (χ3n) is 2.76. The predicted molar refractivity (Wildman–Crippen MR) is 60.2 cm³/mol. The molecule has 2 N–H and O–H groups in total. The number of likely N-dealkylation sites (N-methyl/N-ethyl adjacent to an activating group) is 1. The number of nitrogen functional groups attached to an aromatic ring is 1. The van der Waals surface area contributed by atoms with Gasteiger partial charge in [-0.05, 0) is 36.3 Å². The fraction of sp³-hybridized carbons (Fsp3) is 0.667. The first-order valence-corrected chi connectivity index (χ1v) is 5.57. The minimum atomic E-state index is 0.435. The second-order valence-electron chi connectivity index (χ2n) is 3.93. The second kappa shape index (κ2) is 3.55. The van der Waals surface area contributed by atoms with Gasteiger partial charge in [-0.1, -0.05) is 0 Å². The Bertz CT molecular complexity index is 347. The Labute approximate surface area is 92.2 Å². The lowest BCUT2D eigenvalue weighted by atomic mass is 10.3. The first-order valence-electron chi connectivity index (χ1n) is 4.78. The Kier molecular flexibility index (Phi) is 2.53. The number of aryl methyl sites for hydroxylation is 1. The summed E-state index contributed by atoms with van der Waals surface area (Å²) in [4.78, 5) is 2.30. The summed E-state index contributed by atoms with van der Waals surface area (Å²) in [6.45, 7) is 4.13. The second-order valence-corrected chi connectivity index (χ2v) is 4.73. The molecule has 1 aromatic heterocycles. The van der Waals surface area contributed by atoms with Gasteiger partial charge in [0.25, 0.3) is 0 Å². The summed E-state index contributed by atoms with van der Waals surface area (Å²) >= 11 is 3.44. The van der Waals surface area contributed by atoms with Crippen LogP contribution in [0.15, 0.2) is 4.47 Å². The van der Waals surface area contributed by atoms with Crippen molar-refractivity contribution in [3.05, 3.63) is 10.2 Å². The van der Waals surface area contributed by atoms with Gasteiger partial charge in [0.2, 0.25) is 0 Å². The Balaban J connectivity index is 2.28. The number of hydrogen-bond donors (Lipinski definition) is 1. The van der Waals surface area contributed by atoms with Gasteiger partial charge in [-0.3, -0.25) is 0 Å². The van der Waals surface area contributed by atoms with Crippen LogP contribution in [0.3, 0.4) is 0 Å². The molecule has 0 aliphatic carbocycles. The maximum Gasteiger partial charge on any atom is 0.136 e. The normalized spacial score (nSPS) is 23.2.